The standard InChI is InChI=1S/C110H217F3O2/c1-4-6-7-8-9-10-11-12-13-14-15-16-17-18-19-20-21-22-23-24-25-26-27-28-29-30-31-32-33-34-35-36-37-38-39-40-41-42-43-44-45-46-47-48-49-50-51-52-53-54-55-56-57-58-59-60-61-62-63-64-65-66-67-68-69-70-71-72-73-74-75-76-77-78-79-80-81-82-83-84-85-86-87-88-89-90-91-92-93-94-95-96-97-98-99-100-101-102-103-104-105-106-107-115-108(114)109(3,5-2)110(111,112)113/h4-107H2,1-3H3. The van der Waals surface area contributed by atoms with Crippen LogP contribution in [0.2, 0.25) is 0 Å². The molecule has 0 aliphatic carbocycles. The van der Waals surface area contributed by atoms with Crippen LogP contribution in [-0.4, -0.2) is 18.8 Å². The highest BCUT2D eigenvalue weighted by molar-refractivity contribution is 5.77. The van der Waals surface area contributed by atoms with E-state index in [1.807, 2.05) is 0 Å². The summed E-state index contributed by atoms with van der Waals surface area (Å²) < 4.78 is 44.6. The Bertz CT molecular complexity index is 1720. The second kappa shape index (κ2) is 100. The van der Waals surface area contributed by atoms with Gasteiger partial charge in [-0.1, -0.05) is 662 Å². The number of hydrogen-bond acceptors (Lipinski definition) is 2. The molecule has 0 aliphatic heterocycles. The highest BCUT2D eigenvalue weighted by Crippen LogP contribution is 2.42. The van der Waals surface area contributed by atoms with Gasteiger partial charge in [0.15, 0.2) is 5.41 Å². The minimum absolute atomic E-state index is 0.0878. The van der Waals surface area contributed by atoms with Gasteiger partial charge in [-0.05, 0) is 19.8 Å². The zero-order valence-corrected chi connectivity index (χ0v) is 80.0. The quantitative estimate of drug-likeness (QED) is 0.0448. The van der Waals surface area contributed by atoms with Gasteiger partial charge in [-0.3, -0.25) is 4.79 Å². The zero-order valence-electron chi connectivity index (χ0n) is 80.0. The van der Waals surface area contributed by atoms with Crippen LogP contribution in [0.15, 0.2) is 0 Å². The first kappa shape index (κ1) is 114. The molecule has 0 aliphatic rings. The lowest BCUT2D eigenvalue weighted by Gasteiger charge is -2.28. The fraction of sp³-hybridized carbons (Fsp3) is 0.991. The lowest BCUT2D eigenvalue weighted by molar-refractivity contribution is -0.230. The number of esters is 1. The number of carbonyl (C=O) groups is 1. The van der Waals surface area contributed by atoms with Crippen molar-refractivity contribution in [3.63, 3.8) is 0 Å². The van der Waals surface area contributed by atoms with Crippen LogP contribution in [0.1, 0.15) is 682 Å². The Hall–Kier alpha value is -0.740. The topological polar surface area (TPSA) is 26.3 Å². The molecule has 0 spiro atoms. The first-order valence-corrected chi connectivity index (χ1v) is 55.0. The van der Waals surface area contributed by atoms with E-state index in [2.05, 4.69) is 6.92 Å². The second-order valence-corrected chi connectivity index (χ2v) is 39.0. The van der Waals surface area contributed by atoms with Crippen molar-refractivity contribution >= 4 is 5.97 Å². The minimum Gasteiger partial charge on any atom is -0.465 e. The number of alkyl halides is 3. The fourth-order valence-corrected chi connectivity index (χ4v) is 18.6. The molecule has 690 valence electrons. The van der Waals surface area contributed by atoms with Gasteiger partial charge in [-0.25, -0.2) is 0 Å². The van der Waals surface area contributed by atoms with Crippen molar-refractivity contribution in [3.8, 4) is 0 Å². The number of ether oxygens (including phenoxy) is 1. The maximum absolute atomic E-state index is 13.2. The van der Waals surface area contributed by atoms with E-state index in [1.54, 1.807) is 0 Å². The van der Waals surface area contributed by atoms with Crippen molar-refractivity contribution in [1.82, 2.24) is 0 Å². The smallest absolute Gasteiger partial charge is 0.404 e. The number of rotatable bonds is 105. The van der Waals surface area contributed by atoms with Crippen LogP contribution in [0.4, 0.5) is 13.2 Å². The summed E-state index contributed by atoms with van der Waals surface area (Å²) in [5.41, 5.74) is -2.40. The predicted octanol–water partition coefficient (Wildman–Crippen LogP) is 42.3. The Labute approximate surface area is 724 Å². The summed E-state index contributed by atoms with van der Waals surface area (Å²) in [6.45, 7) is 4.72. The number of halogens is 3. The summed E-state index contributed by atoms with van der Waals surface area (Å²) in [7, 11) is 0. The van der Waals surface area contributed by atoms with Crippen LogP contribution in [0, 0.1) is 5.41 Å². The lowest BCUT2D eigenvalue weighted by atomic mass is 9.87. The van der Waals surface area contributed by atoms with Crippen molar-refractivity contribution in [2.45, 2.75) is 688 Å². The molecule has 0 N–H and O–H groups in total. The molecular formula is C110H217F3O2. The van der Waals surface area contributed by atoms with Crippen LogP contribution in [0.25, 0.3) is 0 Å². The van der Waals surface area contributed by atoms with E-state index in [-0.39, 0.29) is 13.0 Å². The molecule has 0 aromatic heterocycles. The molecule has 5 heteroatoms. The molecular weight excluding hydrogens is 1410 g/mol. The molecule has 1 unspecified atom stereocenters. The molecule has 0 amide bonds. The van der Waals surface area contributed by atoms with Crippen LogP contribution in [0.3, 0.4) is 0 Å². The van der Waals surface area contributed by atoms with Gasteiger partial charge < -0.3 is 4.74 Å². The maximum Gasteiger partial charge on any atom is 0.404 e. The molecule has 115 heavy (non-hydrogen) atoms. The van der Waals surface area contributed by atoms with Crippen LogP contribution < -0.4 is 0 Å². The summed E-state index contributed by atoms with van der Waals surface area (Å²) in [6.07, 6.45) is 143. The molecule has 1 atom stereocenters. The summed E-state index contributed by atoms with van der Waals surface area (Å²) >= 11 is 0. The summed E-state index contributed by atoms with van der Waals surface area (Å²) in [5.74, 6) is -1.14. The van der Waals surface area contributed by atoms with Gasteiger partial charge in [-0.2, -0.15) is 13.2 Å². The Kier molecular flexibility index (Phi) is 99.7. The Morgan fingerprint density at radius 2 is 0.252 bits per heavy atom. The van der Waals surface area contributed by atoms with E-state index in [4.69, 9.17) is 4.74 Å². The average molecular weight is 1630 g/mol. The van der Waals surface area contributed by atoms with E-state index in [0.717, 1.165) is 26.2 Å². The Balaban J connectivity index is 3.12. The van der Waals surface area contributed by atoms with Gasteiger partial charge in [0.2, 0.25) is 0 Å². The molecule has 0 rings (SSSR count). The first-order valence-electron chi connectivity index (χ1n) is 55.0. The monoisotopic (exact) mass is 1630 g/mol. The van der Waals surface area contributed by atoms with Crippen molar-refractivity contribution in [2.24, 2.45) is 5.41 Å². The lowest BCUT2D eigenvalue weighted by Crippen LogP contribution is -2.43. The molecule has 0 saturated heterocycles. The normalized spacial score (nSPS) is 12.5. The molecule has 0 aromatic carbocycles. The van der Waals surface area contributed by atoms with Crippen LogP contribution in [-0.2, 0) is 9.53 Å². The largest absolute Gasteiger partial charge is 0.465 e. The van der Waals surface area contributed by atoms with Crippen molar-refractivity contribution in [2.75, 3.05) is 6.61 Å². The van der Waals surface area contributed by atoms with Gasteiger partial charge in [0.1, 0.15) is 0 Å². The second-order valence-electron chi connectivity index (χ2n) is 39.0. The van der Waals surface area contributed by atoms with E-state index in [0.29, 0.717) is 6.42 Å². The molecule has 0 radical (unpaired) electrons. The fourth-order valence-electron chi connectivity index (χ4n) is 18.6. The summed E-state index contributed by atoms with van der Waals surface area (Å²) in [4.78, 5) is 12.0. The Morgan fingerprint density at radius 3 is 0.330 bits per heavy atom. The van der Waals surface area contributed by atoms with Gasteiger partial charge in [0.05, 0.1) is 6.61 Å². The highest BCUT2D eigenvalue weighted by Gasteiger charge is 2.56. The maximum atomic E-state index is 13.2. The van der Waals surface area contributed by atoms with Gasteiger partial charge in [0, 0.05) is 0 Å². The highest BCUT2D eigenvalue weighted by atomic mass is 19.4. The minimum atomic E-state index is -4.57. The molecule has 0 aromatic rings. The molecule has 0 saturated carbocycles. The first-order chi connectivity index (χ1) is 56.8. The third-order valence-corrected chi connectivity index (χ3v) is 27.5. The number of unbranched alkanes of at least 4 members (excludes halogenated alkanes) is 101. The summed E-state index contributed by atoms with van der Waals surface area (Å²) in [6, 6.07) is 0. The van der Waals surface area contributed by atoms with Crippen LogP contribution >= 0.6 is 0 Å². The zero-order chi connectivity index (χ0) is 82.8. The SMILES string of the molecule is CCCCCCCCCCCCCCCCCCCCCCCCCCCCCCCCCCCCCCCCCCCCCCCCCCCCCCCCCCCCCCCCCCCCCCCCCCCCCCCCCCCCCCCCCCCCCCCCCCCCCCCCOC(=O)C(C)(CC)C(F)(F)F. The van der Waals surface area contributed by atoms with Gasteiger partial charge in [0.25, 0.3) is 0 Å². The van der Waals surface area contributed by atoms with Crippen molar-refractivity contribution < 1.29 is 22.7 Å². The molecule has 0 bridgehead atoms. The van der Waals surface area contributed by atoms with Gasteiger partial charge >= 0.3 is 12.1 Å². The molecule has 0 fully saturated rings. The van der Waals surface area contributed by atoms with Gasteiger partial charge in [-0.15, -0.1) is 0 Å². The Morgan fingerprint density at radius 1 is 0.165 bits per heavy atom. The van der Waals surface area contributed by atoms with E-state index < -0.39 is 17.6 Å². The molecule has 2 nitrogen and oxygen atoms in total. The van der Waals surface area contributed by atoms with E-state index in [1.165, 1.54) is 636 Å². The number of hydrogen-bond donors (Lipinski definition) is 0. The van der Waals surface area contributed by atoms with Crippen LogP contribution in [0.5, 0.6) is 0 Å². The van der Waals surface area contributed by atoms with Crippen molar-refractivity contribution in [3.05, 3.63) is 0 Å². The van der Waals surface area contributed by atoms with E-state index in [9.17, 15) is 18.0 Å². The third kappa shape index (κ3) is 93.8. The number of carbonyl (C=O) groups excluding carboxylic acids is 1. The molecule has 0 heterocycles. The van der Waals surface area contributed by atoms with Crippen molar-refractivity contribution in [1.29, 1.82) is 0 Å². The summed E-state index contributed by atoms with van der Waals surface area (Å²) in [5, 5.41) is 0. The average Bonchev–Trinajstić information content (AvgIpc) is 0.806. The third-order valence-electron chi connectivity index (χ3n) is 27.5. The van der Waals surface area contributed by atoms with E-state index >= 15 is 0 Å². The predicted molar refractivity (Wildman–Crippen MR) is 512 cm³/mol.